The van der Waals surface area contributed by atoms with Crippen LogP contribution < -0.4 is 9.62 Å². The topological polar surface area (TPSA) is 99.5 Å². The Bertz CT molecular complexity index is 768. The first-order valence-electron chi connectivity index (χ1n) is 8.08. The van der Waals surface area contributed by atoms with Gasteiger partial charge in [0.25, 0.3) is 0 Å². The van der Waals surface area contributed by atoms with Gasteiger partial charge in [-0.3, -0.25) is 8.51 Å². The van der Waals surface area contributed by atoms with Crippen LogP contribution >= 0.6 is 0 Å². The fraction of sp³-hybridized carbons (Fsp3) is 0.412. The van der Waals surface area contributed by atoms with Gasteiger partial charge in [-0.25, -0.2) is 9.78 Å². The number of nitrogens with zero attached hydrogens (tertiary/aromatic N) is 3. The molecule has 1 N–H and O–H groups in total. The lowest BCUT2D eigenvalue weighted by atomic mass is 10.1. The molecule has 0 aliphatic rings. The molecule has 1 atom stereocenters. The monoisotopic (exact) mass is 379 g/mol. The molecule has 1 aromatic carbocycles. The van der Waals surface area contributed by atoms with Gasteiger partial charge in [-0.15, -0.1) is 0 Å². The molecule has 1 unspecified atom stereocenters. The Morgan fingerprint density at radius 1 is 1.35 bits per heavy atom. The number of rotatable bonds is 7. The predicted octanol–water partition coefficient (Wildman–Crippen LogP) is 2.09. The average Bonchev–Trinajstić information content (AvgIpc) is 2.96. The first-order valence-corrected chi connectivity index (χ1v) is 9.11. The molecule has 1 aromatic heterocycles. The SMILES string of the molecule is Cn1cnc(N(CCNc2ccc(C(=O)OC(C)(C)C)cc2)S(=O)[O-])c1. The number of carbonyl (C=O) groups is 1. The smallest absolute Gasteiger partial charge is 0.338 e. The Labute approximate surface area is 155 Å². The number of nitrogens with one attached hydrogen (secondary N) is 1. The van der Waals surface area contributed by atoms with Crippen LogP contribution in [0.25, 0.3) is 0 Å². The Morgan fingerprint density at radius 3 is 2.50 bits per heavy atom. The van der Waals surface area contributed by atoms with Crippen LogP contribution in [0.15, 0.2) is 36.8 Å². The normalized spacial score (nSPS) is 12.5. The highest BCUT2D eigenvalue weighted by molar-refractivity contribution is 7.80. The highest BCUT2D eigenvalue weighted by atomic mass is 32.2. The molecule has 0 bridgehead atoms. The van der Waals surface area contributed by atoms with Crippen LogP contribution in [0.5, 0.6) is 0 Å². The number of imidazole rings is 1. The highest BCUT2D eigenvalue weighted by Crippen LogP contribution is 2.15. The lowest BCUT2D eigenvalue weighted by Crippen LogP contribution is -2.31. The van der Waals surface area contributed by atoms with Crippen molar-refractivity contribution in [2.75, 3.05) is 22.7 Å². The summed E-state index contributed by atoms with van der Waals surface area (Å²) in [4.78, 5) is 16.0. The maximum absolute atomic E-state index is 12.0. The summed E-state index contributed by atoms with van der Waals surface area (Å²) in [6, 6.07) is 6.83. The van der Waals surface area contributed by atoms with Crippen molar-refractivity contribution in [2.45, 2.75) is 26.4 Å². The van der Waals surface area contributed by atoms with E-state index < -0.39 is 16.9 Å². The lowest BCUT2D eigenvalue weighted by Gasteiger charge is -2.24. The molecule has 0 saturated carbocycles. The summed E-state index contributed by atoms with van der Waals surface area (Å²) < 4.78 is 30.9. The third kappa shape index (κ3) is 5.85. The van der Waals surface area contributed by atoms with Crippen LogP contribution in [0, 0.1) is 0 Å². The maximum Gasteiger partial charge on any atom is 0.338 e. The molecule has 9 heteroatoms. The number of ether oxygens (including phenoxy) is 1. The lowest BCUT2D eigenvalue weighted by molar-refractivity contribution is 0.00695. The quantitative estimate of drug-likeness (QED) is 0.584. The minimum absolute atomic E-state index is 0.223. The van der Waals surface area contributed by atoms with Gasteiger partial charge in [-0.1, -0.05) is 0 Å². The number of hydrogen-bond donors (Lipinski definition) is 1. The summed E-state index contributed by atoms with van der Waals surface area (Å²) in [5, 5.41) is 3.12. The van der Waals surface area contributed by atoms with E-state index in [1.165, 1.54) is 10.6 Å². The third-order valence-electron chi connectivity index (χ3n) is 3.29. The number of esters is 1. The zero-order valence-corrected chi connectivity index (χ0v) is 16.1. The summed E-state index contributed by atoms with van der Waals surface area (Å²) in [5.74, 6) is -0.0185. The summed E-state index contributed by atoms with van der Waals surface area (Å²) in [7, 11) is 1.77. The summed E-state index contributed by atoms with van der Waals surface area (Å²) in [5.41, 5.74) is 0.688. The Hall–Kier alpha value is -2.39. The second-order valence-corrected chi connectivity index (χ2v) is 7.60. The first kappa shape index (κ1) is 19.9. The van der Waals surface area contributed by atoms with E-state index >= 15 is 0 Å². The van der Waals surface area contributed by atoms with E-state index in [2.05, 4.69) is 10.3 Å². The van der Waals surface area contributed by atoms with E-state index in [-0.39, 0.29) is 12.5 Å². The molecule has 0 fully saturated rings. The Morgan fingerprint density at radius 2 is 2.00 bits per heavy atom. The van der Waals surface area contributed by atoms with Crippen molar-refractivity contribution in [1.29, 1.82) is 0 Å². The number of benzene rings is 1. The van der Waals surface area contributed by atoms with Crippen LogP contribution in [0.3, 0.4) is 0 Å². The summed E-state index contributed by atoms with van der Waals surface area (Å²) >= 11 is -2.41. The van der Waals surface area contributed by atoms with Crippen molar-refractivity contribution in [2.24, 2.45) is 7.05 Å². The Kier molecular flexibility index (Phi) is 6.38. The van der Waals surface area contributed by atoms with E-state index in [1.807, 2.05) is 20.8 Å². The first-order chi connectivity index (χ1) is 12.2. The largest absolute Gasteiger partial charge is 0.755 e. The fourth-order valence-corrected chi connectivity index (χ4v) is 2.64. The number of aromatic nitrogens is 2. The molecule has 0 aliphatic heterocycles. The van der Waals surface area contributed by atoms with Crippen molar-refractivity contribution >= 4 is 28.7 Å². The number of carbonyl (C=O) groups excluding carboxylic acids is 1. The molecular weight excluding hydrogens is 356 g/mol. The van der Waals surface area contributed by atoms with Gasteiger partial charge < -0.3 is 19.2 Å². The van der Waals surface area contributed by atoms with Crippen LogP contribution in [0.4, 0.5) is 11.5 Å². The van der Waals surface area contributed by atoms with Crippen LogP contribution in [0.2, 0.25) is 0 Å². The van der Waals surface area contributed by atoms with Crippen molar-refractivity contribution in [3.8, 4) is 0 Å². The molecule has 0 spiro atoms. The highest BCUT2D eigenvalue weighted by Gasteiger charge is 2.17. The fourth-order valence-electron chi connectivity index (χ4n) is 2.16. The molecule has 26 heavy (non-hydrogen) atoms. The van der Waals surface area contributed by atoms with Crippen LogP contribution in [-0.4, -0.2) is 43.0 Å². The molecule has 0 amide bonds. The van der Waals surface area contributed by atoms with Gasteiger partial charge in [0.2, 0.25) is 0 Å². The predicted molar refractivity (Wildman–Crippen MR) is 99.6 cm³/mol. The van der Waals surface area contributed by atoms with Crippen LogP contribution in [-0.2, 0) is 23.1 Å². The Balaban J connectivity index is 1.91. The maximum atomic E-state index is 12.0. The van der Waals surface area contributed by atoms with Gasteiger partial charge in [-0.2, -0.15) is 0 Å². The average molecular weight is 379 g/mol. The van der Waals surface area contributed by atoms with Crippen molar-refractivity contribution in [3.63, 3.8) is 0 Å². The molecule has 1 heterocycles. The molecule has 2 aromatic rings. The zero-order valence-electron chi connectivity index (χ0n) is 15.3. The second-order valence-electron chi connectivity index (χ2n) is 6.72. The van der Waals surface area contributed by atoms with Crippen LogP contribution in [0.1, 0.15) is 31.1 Å². The van der Waals surface area contributed by atoms with E-state index in [9.17, 15) is 13.6 Å². The molecule has 8 nitrogen and oxygen atoms in total. The van der Waals surface area contributed by atoms with Gasteiger partial charge in [0, 0.05) is 43.3 Å². The van der Waals surface area contributed by atoms with Crippen molar-refractivity contribution < 1.29 is 18.3 Å². The molecule has 0 radical (unpaired) electrons. The van der Waals surface area contributed by atoms with Gasteiger partial charge in [0.15, 0.2) is 5.82 Å². The minimum Gasteiger partial charge on any atom is -0.755 e. The van der Waals surface area contributed by atoms with Gasteiger partial charge >= 0.3 is 5.97 Å². The third-order valence-corrected chi connectivity index (χ3v) is 4.02. The van der Waals surface area contributed by atoms with E-state index in [4.69, 9.17) is 4.74 Å². The molecule has 2 rings (SSSR count). The summed E-state index contributed by atoms with van der Waals surface area (Å²) in [6.07, 6.45) is 3.17. The zero-order chi connectivity index (χ0) is 19.3. The number of aryl methyl sites for hydroxylation is 1. The van der Waals surface area contributed by atoms with Gasteiger partial charge in [0.05, 0.1) is 11.9 Å². The second kappa shape index (κ2) is 8.33. The van der Waals surface area contributed by atoms with Gasteiger partial charge in [-0.05, 0) is 45.0 Å². The van der Waals surface area contributed by atoms with E-state index in [0.29, 0.717) is 17.9 Å². The molecule has 0 saturated heterocycles. The summed E-state index contributed by atoms with van der Waals surface area (Å²) in [6.45, 7) is 6.05. The molecular formula is C17H23N4O4S-. The number of anilines is 2. The van der Waals surface area contributed by atoms with E-state index in [1.54, 1.807) is 42.1 Å². The standard InChI is InChI=1S/C17H24N4O4S/c1-17(2,3)25-16(22)13-5-7-14(8-6-13)18-9-10-21(26(23)24)15-11-20(4)12-19-15/h5-8,11-12,18H,9-10H2,1-4H3,(H,23,24)/p-1. The molecule has 142 valence electrons. The van der Waals surface area contributed by atoms with Crippen molar-refractivity contribution in [3.05, 3.63) is 42.4 Å². The minimum atomic E-state index is -2.41. The van der Waals surface area contributed by atoms with E-state index in [0.717, 1.165) is 5.69 Å². The number of hydrogen-bond acceptors (Lipinski definition) is 6. The molecule has 0 aliphatic carbocycles. The van der Waals surface area contributed by atoms with Gasteiger partial charge in [0.1, 0.15) is 5.60 Å². The van der Waals surface area contributed by atoms with Crippen molar-refractivity contribution in [1.82, 2.24) is 9.55 Å².